The molecule has 0 bridgehead atoms. The lowest BCUT2D eigenvalue weighted by molar-refractivity contribution is -0.141. The second-order valence-corrected chi connectivity index (χ2v) is 5.21. The van der Waals surface area contributed by atoms with Crippen molar-refractivity contribution >= 4 is 17.8 Å². The highest BCUT2D eigenvalue weighted by Crippen LogP contribution is 2.17. The third kappa shape index (κ3) is 6.28. The Balaban J connectivity index is 2.57. The average molecular weight is 336 g/mol. The Kier molecular flexibility index (Phi) is 8.32. The third-order valence-electron chi connectivity index (χ3n) is 3.32. The van der Waals surface area contributed by atoms with E-state index >= 15 is 0 Å². The first kappa shape index (κ1) is 19.5. The van der Waals surface area contributed by atoms with Gasteiger partial charge in [-0.2, -0.15) is 0 Å². The maximum Gasteiger partial charge on any atom is 0.326 e. The highest BCUT2D eigenvalue weighted by molar-refractivity contribution is 5.99. The fourth-order valence-corrected chi connectivity index (χ4v) is 2.10. The van der Waals surface area contributed by atoms with Crippen LogP contribution in [-0.2, 0) is 9.59 Å². The van der Waals surface area contributed by atoms with Crippen molar-refractivity contribution in [3.05, 3.63) is 29.8 Å². The molecule has 1 aromatic rings. The number of aliphatic carboxylic acids is 1. The summed E-state index contributed by atoms with van der Waals surface area (Å²) in [5, 5.41) is 14.0. The molecular formula is C17H24N2O5. The number of hydrogen-bond acceptors (Lipinski definition) is 4. The number of carbonyl (C=O) groups is 3. The van der Waals surface area contributed by atoms with E-state index in [9.17, 15) is 14.4 Å². The number of amides is 2. The topological polar surface area (TPSA) is 105 Å². The summed E-state index contributed by atoms with van der Waals surface area (Å²) in [5.41, 5.74) is 0.327. The van der Waals surface area contributed by atoms with Gasteiger partial charge in [-0.25, -0.2) is 4.79 Å². The van der Waals surface area contributed by atoms with Gasteiger partial charge < -0.3 is 20.5 Å². The number of carboxylic acid groups (broad SMARTS) is 1. The largest absolute Gasteiger partial charge is 0.493 e. The molecule has 1 unspecified atom stereocenters. The molecule has 24 heavy (non-hydrogen) atoms. The molecule has 0 saturated heterocycles. The van der Waals surface area contributed by atoms with Gasteiger partial charge in [-0.1, -0.05) is 31.9 Å². The van der Waals surface area contributed by atoms with Crippen LogP contribution in [0.5, 0.6) is 5.75 Å². The molecule has 0 fully saturated rings. The Morgan fingerprint density at radius 1 is 1.21 bits per heavy atom. The Bertz CT molecular complexity index is 574. The Labute approximate surface area is 141 Å². The second kappa shape index (κ2) is 10.3. The van der Waals surface area contributed by atoms with Crippen molar-refractivity contribution in [2.75, 3.05) is 13.2 Å². The van der Waals surface area contributed by atoms with E-state index in [4.69, 9.17) is 9.84 Å². The number of para-hydroxylation sites is 1. The Morgan fingerprint density at radius 3 is 2.54 bits per heavy atom. The van der Waals surface area contributed by atoms with Crippen LogP contribution >= 0.6 is 0 Å². The van der Waals surface area contributed by atoms with Gasteiger partial charge in [0, 0.05) is 0 Å². The van der Waals surface area contributed by atoms with Crippen LogP contribution in [0, 0.1) is 0 Å². The van der Waals surface area contributed by atoms with Gasteiger partial charge in [-0.05, 0) is 25.5 Å². The van der Waals surface area contributed by atoms with Crippen LogP contribution in [0.2, 0.25) is 0 Å². The number of ether oxygens (including phenoxy) is 1. The summed E-state index contributed by atoms with van der Waals surface area (Å²) >= 11 is 0. The van der Waals surface area contributed by atoms with Crippen LogP contribution in [-0.4, -0.2) is 42.1 Å². The van der Waals surface area contributed by atoms with Gasteiger partial charge in [0.25, 0.3) is 5.91 Å². The van der Waals surface area contributed by atoms with Gasteiger partial charge in [0.1, 0.15) is 11.8 Å². The summed E-state index contributed by atoms with van der Waals surface area (Å²) in [5.74, 6) is -1.63. The first-order valence-electron chi connectivity index (χ1n) is 8.01. The molecule has 1 rings (SSSR count). The zero-order valence-corrected chi connectivity index (χ0v) is 14.0. The monoisotopic (exact) mass is 336 g/mol. The van der Waals surface area contributed by atoms with E-state index in [1.54, 1.807) is 24.3 Å². The fourth-order valence-electron chi connectivity index (χ4n) is 2.10. The minimum Gasteiger partial charge on any atom is -0.493 e. The summed E-state index contributed by atoms with van der Waals surface area (Å²) in [4.78, 5) is 35.1. The second-order valence-electron chi connectivity index (χ2n) is 5.21. The van der Waals surface area contributed by atoms with Gasteiger partial charge in [-0.15, -0.1) is 0 Å². The number of carbonyl (C=O) groups excluding carboxylic acids is 2. The quantitative estimate of drug-likeness (QED) is 0.601. The minimum atomic E-state index is -1.08. The zero-order valence-electron chi connectivity index (χ0n) is 14.0. The maximum absolute atomic E-state index is 12.1. The molecule has 0 aliphatic carbocycles. The van der Waals surface area contributed by atoms with E-state index in [1.807, 2.05) is 13.8 Å². The molecule has 0 radical (unpaired) electrons. The molecule has 1 aromatic carbocycles. The molecule has 0 heterocycles. The number of rotatable bonds is 10. The van der Waals surface area contributed by atoms with Crippen molar-refractivity contribution in [1.82, 2.24) is 10.6 Å². The number of benzene rings is 1. The first-order chi connectivity index (χ1) is 11.5. The molecule has 1 atom stereocenters. The van der Waals surface area contributed by atoms with Crippen LogP contribution in [0.1, 0.15) is 43.5 Å². The lowest BCUT2D eigenvalue weighted by atomic mass is 10.1. The summed E-state index contributed by atoms with van der Waals surface area (Å²) in [6.45, 7) is 3.87. The van der Waals surface area contributed by atoms with Gasteiger partial charge >= 0.3 is 5.97 Å². The average Bonchev–Trinajstić information content (AvgIpc) is 2.57. The molecular weight excluding hydrogens is 312 g/mol. The normalized spacial score (nSPS) is 11.4. The SMILES string of the molecule is CCCCC(NC(=O)CNC(=O)c1ccccc1OCC)C(=O)O. The van der Waals surface area contributed by atoms with E-state index in [0.717, 1.165) is 6.42 Å². The molecule has 0 spiro atoms. The molecule has 2 amide bonds. The Hall–Kier alpha value is -2.57. The Morgan fingerprint density at radius 2 is 1.92 bits per heavy atom. The predicted molar refractivity (Wildman–Crippen MR) is 89.0 cm³/mol. The van der Waals surface area contributed by atoms with E-state index in [0.29, 0.717) is 30.8 Å². The van der Waals surface area contributed by atoms with Gasteiger partial charge in [-0.3, -0.25) is 9.59 Å². The van der Waals surface area contributed by atoms with E-state index in [2.05, 4.69) is 10.6 Å². The number of carboxylic acids is 1. The number of nitrogens with one attached hydrogen (secondary N) is 2. The molecule has 0 aliphatic rings. The molecule has 0 aromatic heterocycles. The molecule has 132 valence electrons. The van der Waals surface area contributed by atoms with Crippen molar-refractivity contribution < 1.29 is 24.2 Å². The van der Waals surface area contributed by atoms with E-state index < -0.39 is 23.8 Å². The van der Waals surface area contributed by atoms with Crippen LogP contribution in [0.4, 0.5) is 0 Å². The van der Waals surface area contributed by atoms with Crippen molar-refractivity contribution in [2.24, 2.45) is 0 Å². The zero-order chi connectivity index (χ0) is 17.9. The third-order valence-corrected chi connectivity index (χ3v) is 3.32. The first-order valence-corrected chi connectivity index (χ1v) is 8.01. The molecule has 0 saturated carbocycles. The van der Waals surface area contributed by atoms with Crippen molar-refractivity contribution in [3.8, 4) is 5.75 Å². The van der Waals surface area contributed by atoms with Crippen LogP contribution in [0.3, 0.4) is 0 Å². The lowest BCUT2D eigenvalue weighted by Gasteiger charge is -2.15. The van der Waals surface area contributed by atoms with Crippen LogP contribution < -0.4 is 15.4 Å². The van der Waals surface area contributed by atoms with Crippen LogP contribution in [0.25, 0.3) is 0 Å². The van der Waals surface area contributed by atoms with E-state index in [-0.39, 0.29) is 6.54 Å². The van der Waals surface area contributed by atoms with Crippen molar-refractivity contribution in [1.29, 1.82) is 0 Å². The minimum absolute atomic E-state index is 0.296. The van der Waals surface area contributed by atoms with Crippen molar-refractivity contribution in [2.45, 2.75) is 39.2 Å². The molecule has 3 N–H and O–H groups in total. The number of unbranched alkanes of at least 4 members (excludes halogenated alkanes) is 1. The van der Waals surface area contributed by atoms with Crippen molar-refractivity contribution in [3.63, 3.8) is 0 Å². The van der Waals surface area contributed by atoms with Crippen LogP contribution in [0.15, 0.2) is 24.3 Å². The highest BCUT2D eigenvalue weighted by Gasteiger charge is 2.20. The predicted octanol–water partition coefficient (Wildman–Crippen LogP) is 1.57. The van der Waals surface area contributed by atoms with E-state index in [1.165, 1.54) is 0 Å². The maximum atomic E-state index is 12.1. The van der Waals surface area contributed by atoms with Gasteiger partial charge in [0.05, 0.1) is 18.7 Å². The number of hydrogen-bond donors (Lipinski definition) is 3. The smallest absolute Gasteiger partial charge is 0.326 e. The molecule has 7 heteroatoms. The fraction of sp³-hybridized carbons (Fsp3) is 0.471. The molecule has 0 aliphatic heterocycles. The summed E-state index contributed by atoms with van der Waals surface area (Å²) in [6, 6.07) is 5.77. The summed E-state index contributed by atoms with van der Waals surface area (Å²) in [6.07, 6.45) is 1.90. The highest BCUT2D eigenvalue weighted by atomic mass is 16.5. The molecule has 7 nitrogen and oxygen atoms in total. The lowest BCUT2D eigenvalue weighted by Crippen LogP contribution is -2.45. The summed E-state index contributed by atoms with van der Waals surface area (Å²) < 4.78 is 5.37. The van der Waals surface area contributed by atoms with Gasteiger partial charge in [0.2, 0.25) is 5.91 Å². The standard InChI is InChI=1S/C17H24N2O5/c1-3-5-9-13(17(22)23)19-15(20)11-18-16(21)12-8-6-7-10-14(12)24-4-2/h6-8,10,13H,3-5,9,11H2,1-2H3,(H,18,21)(H,19,20)(H,22,23). The summed E-state index contributed by atoms with van der Waals surface area (Å²) in [7, 11) is 0. The van der Waals surface area contributed by atoms with Gasteiger partial charge in [0.15, 0.2) is 0 Å².